The van der Waals surface area contributed by atoms with Crippen LogP contribution in [-0.4, -0.2) is 35.2 Å². The molecule has 0 saturated carbocycles. The van der Waals surface area contributed by atoms with E-state index in [1.165, 1.54) is 24.5 Å². The first-order valence-electron chi connectivity index (χ1n) is 7.90. The Balaban J connectivity index is 0.00000145. The highest BCUT2D eigenvalue weighted by Crippen LogP contribution is 2.29. The molecule has 0 atom stereocenters. The second-order valence-corrected chi connectivity index (χ2v) is 5.32. The van der Waals surface area contributed by atoms with Gasteiger partial charge in [0.2, 0.25) is 0 Å². The zero-order chi connectivity index (χ0) is 21.4. The minimum atomic E-state index is -4.78. The van der Waals surface area contributed by atoms with Gasteiger partial charge in [-0.2, -0.15) is 0 Å². The van der Waals surface area contributed by atoms with Gasteiger partial charge >= 0.3 is 12.4 Å². The van der Waals surface area contributed by atoms with Crippen LogP contribution in [0.4, 0.5) is 30.4 Å². The van der Waals surface area contributed by atoms with Crippen molar-refractivity contribution in [3.63, 3.8) is 0 Å². The van der Waals surface area contributed by atoms with Gasteiger partial charge in [0.1, 0.15) is 18.3 Å². The molecule has 8 nitrogen and oxygen atoms in total. The van der Waals surface area contributed by atoms with Crippen molar-refractivity contribution in [2.75, 3.05) is 17.7 Å². The second-order valence-electron chi connectivity index (χ2n) is 5.32. The molecule has 0 aliphatic carbocycles. The van der Waals surface area contributed by atoms with E-state index >= 15 is 0 Å². The molecular weight excluding hydrogens is 391 g/mol. The highest BCUT2D eigenvalue weighted by Gasteiger charge is 2.31. The van der Waals surface area contributed by atoms with Crippen molar-refractivity contribution in [3.05, 3.63) is 55.0 Å². The molecule has 2 aromatic heterocycles. The van der Waals surface area contributed by atoms with E-state index in [4.69, 9.17) is 15.3 Å². The fourth-order valence-corrected chi connectivity index (χ4v) is 2.19. The maximum Gasteiger partial charge on any atom is 0.573 e. The lowest BCUT2D eigenvalue weighted by Crippen LogP contribution is -2.17. The minimum Gasteiger partial charge on any atom is -0.424 e. The van der Waals surface area contributed by atoms with Crippen LogP contribution in [0.1, 0.15) is 0 Å². The Bertz CT molecular complexity index is 939. The molecule has 29 heavy (non-hydrogen) atoms. The summed E-state index contributed by atoms with van der Waals surface area (Å²) in [6.07, 6.45) is -0.218. The largest absolute Gasteiger partial charge is 0.573 e. The van der Waals surface area contributed by atoms with Crippen molar-refractivity contribution in [2.24, 2.45) is 0 Å². The van der Waals surface area contributed by atoms with Gasteiger partial charge in [-0.1, -0.05) is 6.07 Å². The molecule has 0 aliphatic rings. The van der Waals surface area contributed by atoms with E-state index in [-0.39, 0.29) is 11.8 Å². The van der Waals surface area contributed by atoms with Crippen molar-refractivity contribution in [1.82, 2.24) is 15.0 Å². The summed E-state index contributed by atoms with van der Waals surface area (Å²) < 4.78 is 46.1. The summed E-state index contributed by atoms with van der Waals surface area (Å²) in [6, 6.07) is 8.47. The number of aromatic nitrogens is 3. The molecular formula is C18H16F3N5O3. The molecule has 0 fully saturated rings. The zero-order valence-corrected chi connectivity index (χ0v) is 15.1. The SMILES string of the molecule is C=O.CN(c1cnc(Oc2cccc(OC(F)(F)F)c2)nc1)c1ncccc1N. The number of alkyl halides is 3. The van der Waals surface area contributed by atoms with Gasteiger partial charge in [-0.3, -0.25) is 0 Å². The highest BCUT2D eigenvalue weighted by atomic mass is 19.4. The summed E-state index contributed by atoms with van der Waals surface area (Å²) in [5.74, 6) is 0.237. The predicted molar refractivity (Wildman–Crippen MR) is 99.1 cm³/mol. The Morgan fingerprint density at radius 3 is 2.31 bits per heavy atom. The second kappa shape index (κ2) is 9.35. The first-order chi connectivity index (χ1) is 13.8. The summed E-state index contributed by atoms with van der Waals surface area (Å²) in [7, 11) is 1.75. The van der Waals surface area contributed by atoms with Crippen LogP contribution in [0, 0.1) is 0 Å². The zero-order valence-electron chi connectivity index (χ0n) is 15.1. The number of carbonyl (C=O) groups excluding carboxylic acids is 1. The maximum absolute atomic E-state index is 12.3. The van der Waals surface area contributed by atoms with Crippen LogP contribution < -0.4 is 20.1 Å². The normalized spacial score (nSPS) is 10.5. The number of carbonyl (C=O) groups is 1. The molecule has 0 aliphatic heterocycles. The number of benzene rings is 1. The minimum absolute atomic E-state index is 0.0368. The molecule has 0 unspecified atom stereocenters. The number of hydrogen-bond donors (Lipinski definition) is 1. The molecule has 1 aromatic carbocycles. The first kappa shape index (κ1) is 21.4. The maximum atomic E-state index is 12.3. The third-order valence-corrected chi connectivity index (χ3v) is 3.38. The standard InChI is InChI=1S/C17H14F3N5O2.CH2O/c1-25(15-14(21)6-3-7-22-15)11-9-23-16(24-10-11)26-12-4-2-5-13(8-12)27-17(18,19)20;1-2/h2-10H,21H2,1H3;1H2. The molecule has 2 N–H and O–H groups in total. The first-order valence-corrected chi connectivity index (χ1v) is 7.90. The van der Waals surface area contributed by atoms with E-state index in [2.05, 4.69) is 19.7 Å². The van der Waals surface area contributed by atoms with Crippen LogP contribution in [0.3, 0.4) is 0 Å². The van der Waals surface area contributed by atoms with Crippen LogP contribution in [0.2, 0.25) is 0 Å². The summed E-state index contributed by atoms with van der Waals surface area (Å²) in [5.41, 5.74) is 6.97. The van der Waals surface area contributed by atoms with Crippen LogP contribution in [0.15, 0.2) is 55.0 Å². The monoisotopic (exact) mass is 407 g/mol. The molecule has 2 heterocycles. The lowest BCUT2D eigenvalue weighted by molar-refractivity contribution is -0.274. The van der Waals surface area contributed by atoms with Gasteiger partial charge in [-0.05, 0) is 24.3 Å². The van der Waals surface area contributed by atoms with E-state index in [0.29, 0.717) is 17.2 Å². The summed E-state index contributed by atoms with van der Waals surface area (Å²) >= 11 is 0. The topological polar surface area (TPSA) is 103 Å². The molecule has 152 valence electrons. The highest BCUT2D eigenvalue weighted by molar-refractivity contribution is 5.69. The molecule has 3 aromatic rings. The third kappa shape index (κ3) is 6.06. The van der Waals surface area contributed by atoms with E-state index in [1.807, 2.05) is 6.79 Å². The number of pyridine rings is 1. The smallest absolute Gasteiger partial charge is 0.424 e. The van der Waals surface area contributed by atoms with Crippen molar-refractivity contribution in [2.45, 2.75) is 6.36 Å². The lowest BCUT2D eigenvalue weighted by atomic mass is 10.3. The number of rotatable bonds is 5. The number of hydrogen-bond acceptors (Lipinski definition) is 8. The number of anilines is 3. The van der Waals surface area contributed by atoms with Crippen LogP contribution in [0.5, 0.6) is 17.5 Å². The average Bonchev–Trinajstić information content (AvgIpc) is 2.69. The number of nitrogen functional groups attached to an aromatic ring is 1. The van der Waals surface area contributed by atoms with Gasteiger partial charge in [0.05, 0.1) is 23.8 Å². The molecule has 0 spiro atoms. The predicted octanol–water partition coefficient (Wildman–Crippen LogP) is 3.73. The number of nitrogens with zero attached hydrogens (tertiary/aromatic N) is 4. The molecule has 11 heteroatoms. The summed E-state index contributed by atoms with van der Waals surface area (Å²) in [6.45, 7) is 2.00. The Morgan fingerprint density at radius 2 is 1.69 bits per heavy atom. The Hall–Kier alpha value is -3.89. The Kier molecular flexibility index (Phi) is 6.90. The van der Waals surface area contributed by atoms with Gasteiger partial charge in [-0.25, -0.2) is 15.0 Å². The van der Waals surface area contributed by atoms with E-state index in [0.717, 1.165) is 12.1 Å². The fraction of sp³-hybridized carbons (Fsp3) is 0.111. The van der Waals surface area contributed by atoms with Gasteiger partial charge in [0, 0.05) is 19.3 Å². The Morgan fingerprint density at radius 1 is 1.03 bits per heavy atom. The van der Waals surface area contributed by atoms with Gasteiger partial charge < -0.3 is 24.9 Å². The quantitative estimate of drug-likeness (QED) is 0.682. The van der Waals surface area contributed by atoms with Crippen LogP contribution in [-0.2, 0) is 4.79 Å². The van der Waals surface area contributed by atoms with Crippen molar-refractivity contribution in [1.29, 1.82) is 0 Å². The molecule has 3 rings (SSSR count). The van der Waals surface area contributed by atoms with Crippen molar-refractivity contribution < 1.29 is 27.4 Å². The van der Waals surface area contributed by atoms with Crippen molar-refractivity contribution in [3.8, 4) is 17.5 Å². The van der Waals surface area contributed by atoms with Gasteiger partial charge in [-0.15, -0.1) is 13.2 Å². The molecule has 0 bridgehead atoms. The third-order valence-electron chi connectivity index (χ3n) is 3.38. The lowest BCUT2D eigenvalue weighted by Gasteiger charge is -2.19. The van der Waals surface area contributed by atoms with E-state index in [1.54, 1.807) is 30.3 Å². The van der Waals surface area contributed by atoms with Gasteiger partial charge in [0.25, 0.3) is 0 Å². The van der Waals surface area contributed by atoms with Crippen LogP contribution >= 0.6 is 0 Å². The van der Waals surface area contributed by atoms with Crippen molar-refractivity contribution >= 4 is 24.0 Å². The molecule has 0 saturated heterocycles. The summed E-state index contributed by atoms with van der Waals surface area (Å²) in [4.78, 5) is 22.0. The molecule has 0 amide bonds. The van der Waals surface area contributed by atoms with E-state index < -0.39 is 12.1 Å². The van der Waals surface area contributed by atoms with Gasteiger partial charge in [0.15, 0.2) is 5.82 Å². The fourth-order valence-electron chi connectivity index (χ4n) is 2.19. The number of nitrogens with two attached hydrogens (primary N) is 1. The Labute approximate surface area is 163 Å². The molecule has 0 radical (unpaired) electrons. The number of halogens is 3. The van der Waals surface area contributed by atoms with Crippen LogP contribution in [0.25, 0.3) is 0 Å². The van der Waals surface area contributed by atoms with E-state index in [9.17, 15) is 13.2 Å². The summed E-state index contributed by atoms with van der Waals surface area (Å²) in [5, 5.41) is 0. The average molecular weight is 407 g/mol. The number of ether oxygens (including phenoxy) is 2.